The molecule has 0 aliphatic rings. The molecule has 0 aromatic carbocycles. The van der Waals surface area contributed by atoms with Crippen molar-refractivity contribution in [2.24, 2.45) is 0 Å². The summed E-state index contributed by atoms with van der Waals surface area (Å²) in [4.78, 5) is 12.5. The van der Waals surface area contributed by atoms with Crippen LogP contribution in [0.25, 0.3) is 0 Å². The molecule has 18 heavy (non-hydrogen) atoms. The van der Waals surface area contributed by atoms with Crippen molar-refractivity contribution < 1.29 is 9.53 Å². The summed E-state index contributed by atoms with van der Waals surface area (Å²) in [6, 6.07) is 5.49. The van der Waals surface area contributed by atoms with Crippen molar-refractivity contribution in [3.05, 3.63) is 35.0 Å². The van der Waals surface area contributed by atoms with E-state index < -0.39 is 0 Å². The van der Waals surface area contributed by atoms with Gasteiger partial charge in [0, 0.05) is 18.4 Å². The van der Waals surface area contributed by atoms with Gasteiger partial charge in [-0.3, -0.25) is 9.48 Å². The van der Waals surface area contributed by atoms with E-state index in [0.29, 0.717) is 18.0 Å². The molecular weight excluding hydrogens is 250 g/mol. The summed E-state index contributed by atoms with van der Waals surface area (Å²) in [6.45, 7) is 3.22. The van der Waals surface area contributed by atoms with Gasteiger partial charge in [0.05, 0.1) is 18.5 Å². The van der Waals surface area contributed by atoms with Gasteiger partial charge in [-0.25, -0.2) is 0 Å². The molecular formula is C12H15N3O2S. The van der Waals surface area contributed by atoms with Crippen LogP contribution in [0.3, 0.4) is 0 Å². The third-order valence-electron chi connectivity index (χ3n) is 2.54. The molecule has 1 amide bonds. The number of nitrogens with zero attached hydrogens (tertiary/aromatic N) is 2. The Balaban J connectivity index is 1.83. The van der Waals surface area contributed by atoms with Crippen LogP contribution < -0.4 is 10.1 Å². The van der Waals surface area contributed by atoms with Gasteiger partial charge in [0.15, 0.2) is 5.06 Å². The number of ether oxygens (including phenoxy) is 1. The smallest absolute Gasteiger partial charge is 0.261 e. The van der Waals surface area contributed by atoms with E-state index in [-0.39, 0.29) is 5.91 Å². The molecule has 5 nitrogen and oxygen atoms in total. The zero-order chi connectivity index (χ0) is 13.0. The lowest BCUT2D eigenvalue weighted by Gasteiger charge is -2.05. The Labute approximate surface area is 109 Å². The third-order valence-corrected chi connectivity index (χ3v) is 3.59. The zero-order valence-corrected chi connectivity index (χ0v) is 11.2. The zero-order valence-electron chi connectivity index (χ0n) is 10.3. The molecule has 0 bridgehead atoms. The van der Waals surface area contributed by atoms with E-state index in [4.69, 9.17) is 4.74 Å². The Bertz CT molecular complexity index is 533. The van der Waals surface area contributed by atoms with E-state index in [0.717, 1.165) is 10.8 Å². The first-order valence-corrected chi connectivity index (χ1v) is 6.43. The Morgan fingerprint density at radius 1 is 1.50 bits per heavy atom. The summed E-state index contributed by atoms with van der Waals surface area (Å²) in [5.74, 6) is -0.0758. The number of carbonyl (C=O) groups excluding carboxylic acids is 1. The molecule has 0 radical (unpaired) electrons. The molecule has 0 unspecified atom stereocenters. The Morgan fingerprint density at radius 3 is 2.94 bits per heavy atom. The summed E-state index contributed by atoms with van der Waals surface area (Å²) in [5, 5.41) is 7.75. The van der Waals surface area contributed by atoms with Crippen LogP contribution in [0.15, 0.2) is 24.4 Å². The molecule has 0 aliphatic heterocycles. The van der Waals surface area contributed by atoms with Crippen molar-refractivity contribution in [2.45, 2.75) is 13.5 Å². The van der Waals surface area contributed by atoms with Gasteiger partial charge >= 0.3 is 0 Å². The molecule has 96 valence electrons. The Kier molecular flexibility index (Phi) is 3.99. The van der Waals surface area contributed by atoms with E-state index in [2.05, 4.69) is 10.4 Å². The van der Waals surface area contributed by atoms with Crippen molar-refractivity contribution in [1.82, 2.24) is 15.1 Å². The minimum Gasteiger partial charge on any atom is -0.487 e. The maximum Gasteiger partial charge on any atom is 0.261 e. The fourth-order valence-electron chi connectivity index (χ4n) is 1.55. The van der Waals surface area contributed by atoms with Gasteiger partial charge in [0.1, 0.15) is 0 Å². The Hall–Kier alpha value is -1.82. The van der Waals surface area contributed by atoms with Gasteiger partial charge in [-0.05, 0) is 25.1 Å². The second-order valence-electron chi connectivity index (χ2n) is 3.77. The van der Waals surface area contributed by atoms with Crippen LogP contribution in [0.2, 0.25) is 0 Å². The maximum atomic E-state index is 11.8. The van der Waals surface area contributed by atoms with E-state index in [9.17, 15) is 4.79 Å². The first-order valence-electron chi connectivity index (χ1n) is 5.61. The predicted octanol–water partition coefficient (Wildman–Crippen LogP) is 1.69. The molecule has 0 aliphatic carbocycles. The van der Waals surface area contributed by atoms with Crippen molar-refractivity contribution in [1.29, 1.82) is 0 Å². The fraction of sp³-hybridized carbons (Fsp3) is 0.333. The highest BCUT2D eigenvalue weighted by Gasteiger charge is 2.08. The normalized spacial score (nSPS) is 10.3. The van der Waals surface area contributed by atoms with E-state index in [1.807, 2.05) is 17.7 Å². The van der Waals surface area contributed by atoms with Crippen LogP contribution in [-0.4, -0.2) is 29.3 Å². The first-order chi connectivity index (χ1) is 8.70. The number of thiophene rings is 1. The van der Waals surface area contributed by atoms with Crippen molar-refractivity contribution >= 4 is 17.2 Å². The molecule has 2 aromatic heterocycles. The Morgan fingerprint density at radius 2 is 2.33 bits per heavy atom. The molecule has 2 rings (SSSR count). The number of nitrogens with one attached hydrogen (secondary N) is 1. The number of hydrogen-bond donors (Lipinski definition) is 1. The van der Waals surface area contributed by atoms with E-state index >= 15 is 0 Å². The number of rotatable bonds is 5. The van der Waals surface area contributed by atoms with Crippen LogP contribution in [0, 0.1) is 6.92 Å². The highest BCUT2D eigenvalue weighted by molar-refractivity contribution is 7.15. The lowest BCUT2D eigenvalue weighted by molar-refractivity contribution is 0.0956. The van der Waals surface area contributed by atoms with Gasteiger partial charge in [-0.15, -0.1) is 0 Å². The molecule has 0 atom stereocenters. The SMILES string of the molecule is COc1ccc(C(=O)NCCn2nccc2C)s1. The number of hydrogen-bond acceptors (Lipinski definition) is 4. The largest absolute Gasteiger partial charge is 0.487 e. The lowest BCUT2D eigenvalue weighted by atomic mass is 10.4. The number of aryl methyl sites for hydroxylation is 1. The van der Waals surface area contributed by atoms with Gasteiger partial charge < -0.3 is 10.1 Å². The van der Waals surface area contributed by atoms with Gasteiger partial charge in [-0.1, -0.05) is 11.3 Å². The predicted molar refractivity (Wildman–Crippen MR) is 70.2 cm³/mol. The van der Waals surface area contributed by atoms with Crippen LogP contribution in [0.5, 0.6) is 5.06 Å². The van der Waals surface area contributed by atoms with Crippen LogP contribution in [-0.2, 0) is 6.54 Å². The minimum atomic E-state index is -0.0758. The fourth-order valence-corrected chi connectivity index (χ4v) is 2.28. The molecule has 2 aromatic rings. The van der Waals surface area contributed by atoms with Crippen LogP contribution in [0.4, 0.5) is 0 Å². The van der Waals surface area contributed by atoms with Gasteiger partial charge in [-0.2, -0.15) is 5.10 Å². The lowest BCUT2D eigenvalue weighted by Crippen LogP contribution is -2.27. The van der Waals surface area contributed by atoms with Gasteiger partial charge in [0.25, 0.3) is 5.91 Å². The number of carbonyl (C=O) groups is 1. The number of amides is 1. The average molecular weight is 265 g/mol. The molecule has 0 saturated heterocycles. The average Bonchev–Trinajstić information content (AvgIpc) is 2.98. The number of aromatic nitrogens is 2. The summed E-state index contributed by atoms with van der Waals surface area (Å²) >= 11 is 1.34. The molecule has 0 saturated carbocycles. The topological polar surface area (TPSA) is 56.1 Å². The molecule has 6 heteroatoms. The highest BCUT2D eigenvalue weighted by atomic mass is 32.1. The summed E-state index contributed by atoms with van der Waals surface area (Å²) in [7, 11) is 1.59. The van der Waals surface area contributed by atoms with Crippen molar-refractivity contribution in [2.75, 3.05) is 13.7 Å². The minimum absolute atomic E-state index is 0.0758. The van der Waals surface area contributed by atoms with E-state index in [1.165, 1.54) is 11.3 Å². The van der Waals surface area contributed by atoms with Crippen LogP contribution >= 0.6 is 11.3 Å². The summed E-state index contributed by atoms with van der Waals surface area (Å²) in [6.07, 6.45) is 1.75. The number of methoxy groups -OCH3 is 1. The monoisotopic (exact) mass is 265 g/mol. The second-order valence-corrected chi connectivity index (χ2v) is 4.82. The van der Waals surface area contributed by atoms with Crippen molar-refractivity contribution in [3.8, 4) is 5.06 Å². The van der Waals surface area contributed by atoms with E-state index in [1.54, 1.807) is 25.4 Å². The highest BCUT2D eigenvalue weighted by Crippen LogP contribution is 2.23. The van der Waals surface area contributed by atoms with Crippen LogP contribution in [0.1, 0.15) is 15.4 Å². The second kappa shape index (κ2) is 5.68. The quantitative estimate of drug-likeness (QED) is 0.895. The van der Waals surface area contributed by atoms with Crippen molar-refractivity contribution in [3.63, 3.8) is 0 Å². The third kappa shape index (κ3) is 2.89. The molecule has 2 heterocycles. The van der Waals surface area contributed by atoms with Gasteiger partial charge in [0.2, 0.25) is 0 Å². The molecule has 0 fully saturated rings. The molecule has 0 spiro atoms. The summed E-state index contributed by atoms with van der Waals surface area (Å²) < 4.78 is 6.90. The standard InChI is InChI=1S/C12H15N3O2S/c1-9-5-6-14-15(9)8-7-13-12(16)10-3-4-11(17-2)18-10/h3-6H,7-8H2,1-2H3,(H,13,16). The summed E-state index contributed by atoms with van der Waals surface area (Å²) in [5.41, 5.74) is 1.09. The maximum absolute atomic E-state index is 11.8. The molecule has 1 N–H and O–H groups in total. The first kappa shape index (κ1) is 12.6.